The van der Waals surface area contributed by atoms with E-state index in [0.717, 1.165) is 25.2 Å². The number of halogens is 1. The smallest absolute Gasteiger partial charge is 0.342 e. The number of nitrogens with one attached hydrogen (secondary N) is 3. The van der Waals surface area contributed by atoms with E-state index < -0.39 is 35.2 Å². The molecule has 1 unspecified atom stereocenters. The van der Waals surface area contributed by atoms with Crippen LogP contribution in [0.2, 0.25) is 0 Å². The molecule has 37 heavy (non-hydrogen) atoms. The Morgan fingerprint density at radius 3 is 2.51 bits per heavy atom. The first-order chi connectivity index (χ1) is 17.4. The third-order valence-electron chi connectivity index (χ3n) is 6.22. The summed E-state index contributed by atoms with van der Waals surface area (Å²) in [5, 5.41) is 2.91. The first-order valence-electron chi connectivity index (χ1n) is 11.7. The van der Waals surface area contributed by atoms with E-state index in [9.17, 15) is 27.2 Å². The van der Waals surface area contributed by atoms with E-state index in [2.05, 4.69) is 15.2 Å². The SMILES string of the molecule is CCN(CC)CCNC(=O)c1c(C)[nH]c(/C=C2\C(=O)N(C(=O)NS(=O)(=O)PC)c3ccc(F)cc32)c1C. The molecule has 0 radical (unpaired) electrons. The highest BCUT2D eigenvalue weighted by Gasteiger charge is 2.38. The van der Waals surface area contributed by atoms with Crippen LogP contribution in [-0.2, 0) is 14.4 Å². The van der Waals surface area contributed by atoms with Gasteiger partial charge in [-0.05, 0) is 63.4 Å². The van der Waals surface area contributed by atoms with Gasteiger partial charge in [-0.25, -0.2) is 27.2 Å². The maximum absolute atomic E-state index is 14.1. The van der Waals surface area contributed by atoms with Crippen LogP contribution in [0.4, 0.5) is 14.9 Å². The van der Waals surface area contributed by atoms with E-state index in [1.807, 2.05) is 18.6 Å². The van der Waals surface area contributed by atoms with Crippen molar-refractivity contribution in [3.8, 4) is 0 Å². The molecule has 13 heteroatoms. The van der Waals surface area contributed by atoms with Gasteiger partial charge in [-0.2, -0.15) is 0 Å². The molecule has 2 aromatic rings. The summed E-state index contributed by atoms with van der Waals surface area (Å²) < 4.78 is 39.8. The molecule has 1 aliphatic rings. The van der Waals surface area contributed by atoms with Crippen molar-refractivity contribution in [2.24, 2.45) is 0 Å². The van der Waals surface area contributed by atoms with Crippen LogP contribution in [0.3, 0.4) is 0 Å². The van der Waals surface area contributed by atoms with Crippen LogP contribution in [-0.4, -0.2) is 69.0 Å². The van der Waals surface area contributed by atoms with Crippen molar-refractivity contribution in [3.05, 3.63) is 52.1 Å². The number of aromatic amines is 1. The van der Waals surface area contributed by atoms with Crippen molar-refractivity contribution in [1.82, 2.24) is 19.9 Å². The van der Waals surface area contributed by atoms with Gasteiger partial charge in [0.15, 0.2) is 0 Å². The maximum Gasteiger partial charge on any atom is 0.342 e. The van der Waals surface area contributed by atoms with Gasteiger partial charge in [0.25, 0.3) is 11.8 Å². The standard InChI is InChI=1S/C24H31FN5O5PS/c1-6-29(7-2)11-10-26-22(31)21-14(3)19(27-15(21)4)13-18-17-12-16(25)8-9-20(17)30(23(18)32)24(33)28-37(34,35)36-5/h8-9,12-13,27,36H,6-7,10-11H2,1-5H3,(H,26,31)(H,28,33)/b18-13-. The Morgan fingerprint density at radius 1 is 1.22 bits per heavy atom. The third-order valence-corrected chi connectivity index (χ3v) is 9.12. The molecule has 0 saturated heterocycles. The fraction of sp³-hybridized carbons (Fsp3) is 0.375. The van der Waals surface area contributed by atoms with Gasteiger partial charge in [0, 0.05) is 37.8 Å². The van der Waals surface area contributed by atoms with Crippen molar-refractivity contribution >= 4 is 52.6 Å². The van der Waals surface area contributed by atoms with Gasteiger partial charge in [-0.3, -0.25) is 9.59 Å². The topological polar surface area (TPSA) is 132 Å². The third kappa shape index (κ3) is 6.08. The summed E-state index contributed by atoms with van der Waals surface area (Å²) in [5.74, 6) is -1.71. The van der Waals surface area contributed by atoms with Crippen LogP contribution in [0, 0.1) is 19.7 Å². The van der Waals surface area contributed by atoms with E-state index in [1.54, 1.807) is 13.8 Å². The normalized spacial score (nSPS) is 14.7. The Labute approximate surface area is 217 Å². The molecule has 4 amide bonds. The molecule has 1 atom stereocenters. The Bertz CT molecular complexity index is 1370. The van der Waals surface area contributed by atoms with E-state index in [1.165, 1.54) is 18.8 Å². The van der Waals surface area contributed by atoms with Crippen LogP contribution in [0.25, 0.3) is 11.6 Å². The van der Waals surface area contributed by atoms with Crippen LogP contribution >= 0.6 is 7.78 Å². The van der Waals surface area contributed by atoms with Crippen LogP contribution in [0.1, 0.15) is 46.7 Å². The number of carbonyl (C=O) groups excluding carboxylic acids is 3. The van der Waals surface area contributed by atoms with E-state index in [4.69, 9.17) is 0 Å². The highest BCUT2D eigenvalue weighted by Crippen LogP contribution is 2.39. The minimum Gasteiger partial charge on any atom is -0.358 e. The van der Waals surface area contributed by atoms with Crippen LogP contribution in [0.5, 0.6) is 0 Å². The zero-order chi connectivity index (χ0) is 27.5. The summed E-state index contributed by atoms with van der Waals surface area (Å²) in [4.78, 5) is 44.8. The predicted octanol–water partition coefficient (Wildman–Crippen LogP) is 2.99. The molecule has 3 N–H and O–H groups in total. The summed E-state index contributed by atoms with van der Waals surface area (Å²) in [7, 11) is -4.53. The highest BCUT2D eigenvalue weighted by atomic mass is 32.8. The maximum atomic E-state index is 14.1. The number of urea groups is 1. The Balaban J connectivity index is 1.95. The van der Waals surface area contributed by atoms with Crippen molar-refractivity contribution in [1.29, 1.82) is 0 Å². The zero-order valence-corrected chi connectivity index (χ0v) is 23.2. The number of hydrogen-bond donors (Lipinski definition) is 3. The summed E-state index contributed by atoms with van der Waals surface area (Å²) >= 11 is 0. The molecule has 0 fully saturated rings. The van der Waals surface area contributed by atoms with Gasteiger partial charge in [0.1, 0.15) is 5.82 Å². The molecule has 3 rings (SSSR count). The highest BCUT2D eigenvalue weighted by molar-refractivity contribution is 8.42. The first kappa shape index (κ1) is 28.5. The molecule has 0 spiro atoms. The molecule has 0 saturated carbocycles. The largest absolute Gasteiger partial charge is 0.358 e. The number of carbonyl (C=O) groups is 3. The Morgan fingerprint density at radius 2 is 1.89 bits per heavy atom. The monoisotopic (exact) mass is 551 g/mol. The Kier molecular flexibility index (Phi) is 8.88. The van der Waals surface area contributed by atoms with Gasteiger partial charge in [-0.15, -0.1) is 0 Å². The number of nitrogens with zero attached hydrogens (tertiary/aromatic N) is 2. The second-order valence-electron chi connectivity index (χ2n) is 8.42. The minimum absolute atomic E-state index is 0.0150. The summed E-state index contributed by atoms with van der Waals surface area (Å²) in [6.07, 6.45) is 1.44. The first-order valence-corrected chi connectivity index (χ1v) is 15.5. The predicted molar refractivity (Wildman–Crippen MR) is 144 cm³/mol. The number of imide groups is 1. The summed E-state index contributed by atoms with van der Waals surface area (Å²) in [6.45, 7) is 11.9. The lowest BCUT2D eigenvalue weighted by Gasteiger charge is -2.18. The molecule has 0 bridgehead atoms. The van der Waals surface area contributed by atoms with Crippen molar-refractivity contribution in [2.45, 2.75) is 27.7 Å². The van der Waals surface area contributed by atoms with Gasteiger partial charge < -0.3 is 15.2 Å². The van der Waals surface area contributed by atoms with E-state index in [-0.39, 0.29) is 22.7 Å². The van der Waals surface area contributed by atoms with Gasteiger partial charge in [0.2, 0.25) is 9.64 Å². The van der Waals surface area contributed by atoms with Crippen molar-refractivity contribution in [3.63, 3.8) is 0 Å². The van der Waals surface area contributed by atoms with Gasteiger partial charge in [0.05, 0.1) is 16.8 Å². The average molecular weight is 552 g/mol. The number of anilines is 1. The number of aryl methyl sites for hydroxylation is 1. The lowest BCUT2D eigenvalue weighted by atomic mass is 10.0. The molecule has 1 aromatic carbocycles. The minimum atomic E-state index is -3.91. The number of amides is 4. The number of rotatable bonds is 9. The van der Waals surface area contributed by atoms with Crippen LogP contribution < -0.4 is 14.9 Å². The molecule has 200 valence electrons. The molecule has 0 aliphatic carbocycles. The van der Waals surface area contributed by atoms with Gasteiger partial charge >= 0.3 is 6.03 Å². The second-order valence-corrected chi connectivity index (χ2v) is 12.9. The molecule has 2 heterocycles. The molecule has 1 aliphatic heterocycles. The fourth-order valence-corrected chi connectivity index (χ4v) is 5.17. The number of hydrogen-bond acceptors (Lipinski definition) is 6. The molecule has 10 nitrogen and oxygen atoms in total. The average Bonchev–Trinajstić information content (AvgIpc) is 3.28. The van der Waals surface area contributed by atoms with Crippen LogP contribution in [0.15, 0.2) is 18.2 Å². The van der Waals surface area contributed by atoms with Crippen molar-refractivity contribution in [2.75, 3.05) is 37.7 Å². The number of aromatic nitrogens is 1. The van der Waals surface area contributed by atoms with E-state index >= 15 is 0 Å². The van der Waals surface area contributed by atoms with E-state index in [0.29, 0.717) is 40.5 Å². The second kappa shape index (κ2) is 11.5. The molecular formula is C24H31FN5O5PS. The summed E-state index contributed by atoms with van der Waals surface area (Å²) in [6, 6.07) is 2.28. The lowest BCUT2D eigenvalue weighted by molar-refractivity contribution is -0.112. The Hall–Kier alpha value is -3.08. The molecule has 1 aromatic heterocycles. The number of benzene rings is 1. The summed E-state index contributed by atoms with van der Waals surface area (Å²) in [5.41, 5.74) is 2.20. The zero-order valence-electron chi connectivity index (χ0n) is 21.4. The number of fused-ring (bicyclic) bond motifs is 1. The van der Waals surface area contributed by atoms with Gasteiger partial charge in [-0.1, -0.05) is 13.8 Å². The number of likely N-dealkylation sites (N-methyl/N-ethyl adjacent to an activating group) is 1. The van der Waals surface area contributed by atoms with Crippen molar-refractivity contribution < 1.29 is 27.2 Å². The molecular weight excluding hydrogens is 520 g/mol. The lowest BCUT2D eigenvalue weighted by Crippen LogP contribution is -2.43. The fourth-order valence-electron chi connectivity index (χ4n) is 4.18. The quantitative estimate of drug-likeness (QED) is 0.324. The number of H-pyrrole nitrogens is 1.